The summed E-state index contributed by atoms with van der Waals surface area (Å²) >= 11 is 6.00. The zero-order valence-electron chi connectivity index (χ0n) is 10.3. The Bertz CT molecular complexity index is 674. The maximum atomic E-state index is 6.00. The van der Waals surface area contributed by atoms with Gasteiger partial charge in [0.25, 0.3) is 0 Å². The zero-order chi connectivity index (χ0) is 13.1. The molecule has 1 heterocycles. The standard InChI is InChI=1S/C16H13ClN2/c17-15-8-4-7-14(9-15)16-11-19(12-18-16)10-13-5-2-1-3-6-13/h1-9,11-12H,10H2. The molecule has 0 atom stereocenters. The summed E-state index contributed by atoms with van der Waals surface area (Å²) in [5, 5.41) is 0.732. The van der Waals surface area contributed by atoms with Gasteiger partial charge in [-0.3, -0.25) is 0 Å². The Labute approximate surface area is 117 Å². The van der Waals surface area contributed by atoms with Gasteiger partial charge in [0.15, 0.2) is 0 Å². The first-order valence-corrected chi connectivity index (χ1v) is 6.51. The van der Waals surface area contributed by atoms with Gasteiger partial charge in [-0.05, 0) is 17.7 Å². The minimum Gasteiger partial charge on any atom is -0.332 e. The van der Waals surface area contributed by atoms with Crippen molar-refractivity contribution in [2.75, 3.05) is 0 Å². The second kappa shape index (κ2) is 5.29. The molecule has 0 amide bonds. The van der Waals surface area contributed by atoms with Crippen LogP contribution in [0.1, 0.15) is 5.56 Å². The monoisotopic (exact) mass is 268 g/mol. The van der Waals surface area contributed by atoms with E-state index in [1.54, 1.807) is 0 Å². The second-order valence-corrected chi connectivity index (χ2v) is 4.86. The maximum Gasteiger partial charge on any atom is 0.0956 e. The topological polar surface area (TPSA) is 17.8 Å². The number of imidazole rings is 1. The molecular formula is C16H13ClN2. The molecule has 0 spiro atoms. The fourth-order valence-corrected chi connectivity index (χ4v) is 2.23. The first-order chi connectivity index (χ1) is 9.31. The van der Waals surface area contributed by atoms with Crippen LogP contribution in [0.3, 0.4) is 0 Å². The summed E-state index contributed by atoms with van der Waals surface area (Å²) in [6.07, 6.45) is 3.89. The van der Waals surface area contributed by atoms with Crippen LogP contribution < -0.4 is 0 Å². The molecule has 2 aromatic carbocycles. The van der Waals surface area contributed by atoms with Gasteiger partial charge in [0.1, 0.15) is 0 Å². The normalized spacial score (nSPS) is 10.6. The van der Waals surface area contributed by atoms with E-state index in [1.165, 1.54) is 5.56 Å². The van der Waals surface area contributed by atoms with E-state index in [0.717, 1.165) is 22.8 Å². The van der Waals surface area contributed by atoms with Gasteiger partial charge in [0.2, 0.25) is 0 Å². The van der Waals surface area contributed by atoms with Crippen LogP contribution in [0.25, 0.3) is 11.3 Å². The SMILES string of the molecule is Clc1cccc(-c2cn(Cc3ccccc3)cn2)c1. The van der Waals surface area contributed by atoms with E-state index in [4.69, 9.17) is 11.6 Å². The summed E-state index contributed by atoms with van der Waals surface area (Å²) in [5.41, 5.74) is 3.25. The Kier molecular flexibility index (Phi) is 3.34. The molecule has 0 saturated heterocycles. The van der Waals surface area contributed by atoms with Crippen molar-refractivity contribution in [1.29, 1.82) is 0 Å². The van der Waals surface area contributed by atoms with Crippen LogP contribution >= 0.6 is 11.6 Å². The highest BCUT2D eigenvalue weighted by Gasteiger charge is 2.03. The van der Waals surface area contributed by atoms with Gasteiger partial charge in [0.05, 0.1) is 12.0 Å². The molecule has 0 N–H and O–H groups in total. The van der Waals surface area contributed by atoms with Crippen LogP contribution in [0, 0.1) is 0 Å². The molecule has 94 valence electrons. The van der Waals surface area contributed by atoms with E-state index in [9.17, 15) is 0 Å². The third-order valence-electron chi connectivity index (χ3n) is 2.96. The van der Waals surface area contributed by atoms with Crippen LogP contribution in [0.4, 0.5) is 0 Å². The lowest BCUT2D eigenvalue weighted by atomic mass is 10.2. The highest BCUT2D eigenvalue weighted by atomic mass is 35.5. The Morgan fingerprint density at radius 2 is 1.84 bits per heavy atom. The number of nitrogens with zero attached hydrogens (tertiary/aromatic N) is 2. The van der Waals surface area contributed by atoms with Gasteiger partial charge in [-0.15, -0.1) is 0 Å². The van der Waals surface area contributed by atoms with Gasteiger partial charge in [-0.2, -0.15) is 0 Å². The van der Waals surface area contributed by atoms with Crippen molar-refractivity contribution in [2.45, 2.75) is 6.54 Å². The molecule has 0 radical (unpaired) electrons. The first kappa shape index (κ1) is 12.0. The Morgan fingerprint density at radius 3 is 2.63 bits per heavy atom. The van der Waals surface area contributed by atoms with E-state index in [1.807, 2.05) is 55.0 Å². The minimum atomic E-state index is 0.732. The van der Waals surface area contributed by atoms with Crippen molar-refractivity contribution in [3.05, 3.63) is 77.7 Å². The lowest BCUT2D eigenvalue weighted by molar-refractivity contribution is 0.797. The number of aromatic nitrogens is 2. The average Bonchev–Trinajstić information content (AvgIpc) is 2.88. The Morgan fingerprint density at radius 1 is 1.00 bits per heavy atom. The summed E-state index contributed by atoms with van der Waals surface area (Å²) < 4.78 is 2.07. The van der Waals surface area contributed by atoms with Crippen molar-refractivity contribution < 1.29 is 0 Å². The van der Waals surface area contributed by atoms with Crippen LogP contribution in [0.15, 0.2) is 67.1 Å². The molecule has 0 unspecified atom stereocenters. The molecule has 3 rings (SSSR count). The molecule has 2 nitrogen and oxygen atoms in total. The van der Waals surface area contributed by atoms with Crippen LogP contribution in [0.5, 0.6) is 0 Å². The zero-order valence-corrected chi connectivity index (χ0v) is 11.1. The average molecular weight is 269 g/mol. The van der Waals surface area contributed by atoms with E-state index in [0.29, 0.717) is 0 Å². The fourth-order valence-electron chi connectivity index (χ4n) is 2.04. The number of hydrogen-bond acceptors (Lipinski definition) is 1. The Hall–Kier alpha value is -2.06. The van der Waals surface area contributed by atoms with Crippen molar-refractivity contribution >= 4 is 11.6 Å². The number of rotatable bonds is 3. The van der Waals surface area contributed by atoms with Crippen molar-refractivity contribution in [3.63, 3.8) is 0 Å². The highest BCUT2D eigenvalue weighted by molar-refractivity contribution is 6.30. The molecule has 0 aliphatic heterocycles. The van der Waals surface area contributed by atoms with Crippen LogP contribution in [0.2, 0.25) is 5.02 Å². The van der Waals surface area contributed by atoms with E-state index < -0.39 is 0 Å². The van der Waals surface area contributed by atoms with Gasteiger partial charge in [-0.1, -0.05) is 54.1 Å². The van der Waals surface area contributed by atoms with Gasteiger partial charge >= 0.3 is 0 Å². The van der Waals surface area contributed by atoms with Crippen LogP contribution in [-0.4, -0.2) is 9.55 Å². The largest absolute Gasteiger partial charge is 0.332 e. The summed E-state index contributed by atoms with van der Waals surface area (Å²) in [6.45, 7) is 0.828. The van der Waals surface area contributed by atoms with Gasteiger partial charge < -0.3 is 4.57 Å². The molecule has 0 aliphatic carbocycles. The lowest BCUT2D eigenvalue weighted by Crippen LogP contribution is -1.95. The number of halogens is 1. The van der Waals surface area contributed by atoms with Gasteiger partial charge in [-0.25, -0.2) is 4.98 Å². The summed E-state index contributed by atoms with van der Waals surface area (Å²) in [5.74, 6) is 0. The smallest absolute Gasteiger partial charge is 0.0956 e. The summed E-state index contributed by atoms with van der Waals surface area (Å²) in [6, 6.07) is 18.1. The number of hydrogen-bond donors (Lipinski definition) is 0. The summed E-state index contributed by atoms with van der Waals surface area (Å²) in [4.78, 5) is 4.43. The van der Waals surface area contributed by atoms with Crippen molar-refractivity contribution in [1.82, 2.24) is 9.55 Å². The van der Waals surface area contributed by atoms with Gasteiger partial charge in [0, 0.05) is 23.3 Å². The first-order valence-electron chi connectivity index (χ1n) is 6.13. The quantitative estimate of drug-likeness (QED) is 0.694. The molecule has 0 fully saturated rings. The third kappa shape index (κ3) is 2.85. The van der Waals surface area contributed by atoms with E-state index in [2.05, 4.69) is 21.7 Å². The van der Waals surface area contributed by atoms with Crippen molar-refractivity contribution in [2.24, 2.45) is 0 Å². The molecule has 0 saturated carbocycles. The van der Waals surface area contributed by atoms with Crippen LogP contribution in [-0.2, 0) is 6.54 Å². The van der Waals surface area contributed by atoms with E-state index >= 15 is 0 Å². The third-order valence-corrected chi connectivity index (χ3v) is 3.20. The molecular weight excluding hydrogens is 256 g/mol. The minimum absolute atomic E-state index is 0.732. The van der Waals surface area contributed by atoms with Crippen molar-refractivity contribution in [3.8, 4) is 11.3 Å². The molecule has 1 aromatic heterocycles. The summed E-state index contributed by atoms with van der Waals surface area (Å²) in [7, 11) is 0. The fraction of sp³-hybridized carbons (Fsp3) is 0.0625. The lowest BCUT2D eigenvalue weighted by Gasteiger charge is -2.01. The molecule has 0 bridgehead atoms. The Balaban J connectivity index is 1.84. The predicted octanol–water partition coefficient (Wildman–Crippen LogP) is 4.25. The molecule has 19 heavy (non-hydrogen) atoms. The predicted molar refractivity (Wildman–Crippen MR) is 78.2 cm³/mol. The molecule has 3 heteroatoms. The molecule has 0 aliphatic rings. The second-order valence-electron chi connectivity index (χ2n) is 4.43. The number of benzene rings is 2. The molecule has 3 aromatic rings. The van der Waals surface area contributed by atoms with E-state index in [-0.39, 0.29) is 0 Å². The maximum absolute atomic E-state index is 6.00. The highest BCUT2D eigenvalue weighted by Crippen LogP contribution is 2.21.